The van der Waals surface area contributed by atoms with E-state index in [0.29, 0.717) is 18.8 Å². The third kappa shape index (κ3) is 3.56. The molecular formula is C11H13NO2. The highest BCUT2D eigenvalue weighted by Gasteiger charge is 1.94. The van der Waals surface area contributed by atoms with Crippen LogP contribution in [0.2, 0.25) is 0 Å². The van der Waals surface area contributed by atoms with Gasteiger partial charge in [-0.25, -0.2) is 0 Å². The molecule has 0 bridgehead atoms. The second-order valence-corrected chi connectivity index (χ2v) is 2.89. The van der Waals surface area contributed by atoms with E-state index in [9.17, 15) is 0 Å². The van der Waals surface area contributed by atoms with Crippen LogP contribution < -0.4 is 0 Å². The third-order valence-corrected chi connectivity index (χ3v) is 1.85. The topological polar surface area (TPSA) is 53.2 Å². The molecule has 0 atom stereocenters. The van der Waals surface area contributed by atoms with E-state index in [1.807, 2.05) is 12.1 Å². The Kier molecular flexibility index (Phi) is 4.70. The van der Waals surface area contributed by atoms with Crippen molar-refractivity contribution < 1.29 is 9.84 Å². The van der Waals surface area contributed by atoms with Crippen LogP contribution in [0, 0.1) is 11.3 Å². The fourth-order valence-corrected chi connectivity index (χ4v) is 1.10. The maximum absolute atomic E-state index is 8.57. The molecule has 3 nitrogen and oxygen atoms in total. The molecule has 0 spiro atoms. The van der Waals surface area contributed by atoms with Gasteiger partial charge in [-0.05, 0) is 24.1 Å². The van der Waals surface area contributed by atoms with Crippen LogP contribution in [0.25, 0.3) is 0 Å². The smallest absolute Gasteiger partial charge is 0.0991 e. The molecule has 0 fully saturated rings. The molecule has 1 N–H and O–H groups in total. The first-order chi connectivity index (χ1) is 6.86. The number of rotatable bonds is 5. The van der Waals surface area contributed by atoms with Gasteiger partial charge in [0.1, 0.15) is 0 Å². The number of hydrogen-bond donors (Lipinski definition) is 1. The van der Waals surface area contributed by atoms with Gasteiger partial charge in [0.2, 0.25) is 0 Å². The van der Waals surface area contributed by atoms with Crippen LogP contribution in [0.4, 0.5) is 0 Å². The van der Waals surface area contributed by atoms with E-state index >= 15 is 0 Å². The molecule has 0 heterocycles. The van der Waals surface area contributed by atoms with Gasteiger partial charge in [0.15, 0.2) is 0 Å². The van der Waals surface area contributed by atoms with Crippen molar-refractivity contribution in [1.29, 1.82) is 5.26 Å². The zero-order valence-corrected chi connectivity index (χ0v) is 7.94. The molecule has 0 aliphatic rings. The van der Waals surface area contributed by atoms with Crippen molar-refractivity contribution in [2.45, 2.75) is 6.42 Å². The number of benzene rings is 1. The van der Waals surface area contributed by atoms with Gasteiger partial charge in [0.05, 0.1) is 31.5 Å². The van der Waals surface area contributed by atoms with Crippen molar-refractivity contribution in [3.05, 3.63) is 35.4 Å². The van der Waals surface area contributed by atoms with Gasteiger partial charge in [-0.15, -0.1) is 0 Å². The van der Waals surface area contributed by atoms with Gasteiger partial charge >= 0.3 is 0 Å². The van der Waals surface area contributed by atoms with Gasteiger partial charge in [-0.3, -0.25) is 0 Å². The lowest BCUT2D eigenvalue weighted by Gasteiger charge is -2.02. The molecule has 1 aromatic carbocycles. The van der Waals surface area contributed by atoms with E-state index in [-0.39, 0.29) is 6.61 Å². The first-order valence-corrected chi connectivity index (χ1v) is 4.54. The summed E-state index contributed by atoms with van der Waals surface area (Å²) in [6, 6.07) is 9.49. The minimum Gasteiger partial charge on any atom is -0.394 e. The van der Waals surface area contributed by atoms with Crippen LogP contribution >= 0.6 is 0 Å². The maximum Gasteiger partial charge on any atom is 0.0991 e. The Morgan fingerprint density at radius 3 is 2.50 bits per heavy atom. The molecule has 1 rings (SSSR count). The van der Waals surface area contributed by atoms with E-state index in [2.05, 4.69) is 6.07 Å². The summed E-state index contributed by atoms with van der Waals surface area (Å²) < 4.78 is 5.13. The molecule has 0 amide bonds. The van der Waals surface area contributed by atoms with Crippen LogP contribution in [0.15, 0.2) is 24.3 Å². The fourth-order valence-electron chi connectivity index (χ4n) is 1.10. The monoisotopic (exact) mass is 191 g/mol. The molecular weight excluding hydrogens is 178 g/mol. The Morgan fingerprint density at radius 1 is 1.21 bits per heavy atom. The first kappa shape index (κ1) is 10.7. The molecule has 0 unspecified atom stereocenters. The molecule has 0 radical (unpaired) electrons. The predicted molar refractivity (Wildman–Crippen MR) is 52.8 cm³/mol. The van der Waals surface area contributed by atoms with Crippen LogP contribution in [-0.4, -0.2) is 24.9 Å². The zero-order chi connectivity index (χ0) is 10.2. The highest BCUT2D eigenvalue weighted by Crippen LogP contribution is 2.03. The molecule has 0 aromatic heterocycles. The quantitative estimate of drug-likeness (QED) is 0.709. The van der Waals surface area contributed by atoms with Gasteiger partial charge < -0.3 is 9.84 Å². The van der Waals surface area contributed by atoms with Crippen molar-refractivity contribution in [2.75, 3.05) is 19.8 Å². The molecule has 0 aliphatic carbocycles. The molecule has 3 heteroatoms. The summed E-state index contributed by atoms with van der Waals surface area (Å²) in [5.41, 5.74) is 1.81. The molecule has 0 saturated heterocycles. The predicted octanol–water partition coefficient (Wildman–Crippen LogP) is 1.11. The number of hydrogen-bond acceptors (Lipinski definition) is 3. The van der Waals surface area contributed by atoms with Crippen LogP contribution in [-0.2, 0) is 11.2 Å². The van der Waals surface area contributed by atoms with E-state index < -0.39 is 0 Å². The number of nitriles is 1. The van der Waals surface area contributed by atoms with Gasteiger partial charge in [-0.2, -0.15) is 5.26 Å². The van der Waals surface area contributed by atoms with E-state index in [4.69, 9.17) is 15.1 Å². The van der Waals surface area contributed by atoms with E-state index in [1.165, 1.54) is 0 Å². The molecule has 14 heavy (non-hydrogen) atoms. The third-order valence-electron chi connectivity index (χ3n) is 1.85. The summed E-state index contributed by atoms with van der Waals surface area (Å²) in [5.74, 6) is 0. The van der Waals surface area contributed by atoms with Gasteiger partial charge in [-0.1, -0.05) is 12.1 Å². The lowest BCUT2D eigenvalue weighted by molar-refractivity contribution is 0.0944. The Hall–Kier alpha value is -1.37. The van der Waals surface area contributed by atoms with Crippen LogP contribution in [0.5, 0.6) is 0 Å². The van der Waals surface area contributed by atoms with Gasteiger partial charge in [0, 0.05) is 0 Å². The standard InChI is InChI=1S/C11H13NO2/c12-9-11-3-1-10(2-4-11)5-7-14-8-6-13/h1-4,13H,5-8H2. The summed E-state index contributed by atoms with van der Waals surface area (Å²) in [4.78, 5) is 0. The minimum absolute atomic E-state index is 0.0629. The first-order valence-electron chi connectivity index (χ1n) is 4.54. The summed E-state index contributed by atoms with van der Waals surface area (Å²) >= 11 is 0. The summed E-state index contributed by atoms with van der Waals surface area (Å²) in [6.07, 6.45) is 0.811. The van der Waals surface area contributed by atoms with E-state index in [0.717, 1.165) is 12.0 Å². The summed E-state index contributed by atoms with van der Waals surface area (Å²) in [5, 5.41) is 17.0. The second kappa shape index (κ2) is 6.14. The lowest BCUT2D eigenvalue weighted by atomic mass is 10.1. The average molecular weight is 191 g/mol. The second-order valence-electron chi connectivity index (χ2n) is 2.89. The van der Waals surface area contributed by atoms with Crippen LogP contribution in [0.3, 0.4) is 0 Å². The largest absolute Gasteiger partial charge is 0.394 e. The highest BCUT2D eigenvalue weighted by atomic mass is 16.5. The maximum atomic E-state index is 8.57. The normalized spacial score (nSPS) is 9.71. The Morgan fingerprint density at radius 2 is 1.93 bits per heavy atom. The Labute approximate surface area is 83.6 Å². The molecule has 74 valence electrons. The highest BCUT2D eigenvalue weighted by molar-refractivity contribution is 5.31. The number of ether oxygens (including phenoxy) is 1. The summed E-state index contributed by atoms with van der Waals surface area (Å²) in [7, 11) is 0. The molecule has 1 aromatic rings. The molecule has 0 saturated carbocycles. The Bertz CT molecular complexity index is 300. The minimum atomic E-state index is 0.0629. The van der Waals surface area contributed by atoms with Crippen molar-refractivity contribution in [2.24, 2.45) is 0 Å². The SMILES string of the molecule is N#Cc1ccc(CCOCCO)cc1. The average Bonchev–Trinajstić information content (AvgIpc) is 2.25. The fraction of sp³-hybridized carbons (Fsp3) is 0.364. The van der Waals surface area contributed by atoms with Crippen LogP contribution in [0.1, 0.15) is 11.1 Å². The summed E-state index contributed by atoms with van der Waals surface area (Å²) in [6.45, 7) is 1.05. The van der Waals surface area contributed by atoms with Crippen molar-refractivity contribution in [3.8, 4) is 6.07 Å². The number of aliphatic hydroxyl groups is 1. The lowest BCUT2D eigenvalue weighted by Crippen LogP contribution is -2.03. The Balaban J connectivity index is 2.33. The van der Waals surface area contributed by atoms with Gasteiger partial charge in [0.25, 0.3) is 0 Å². The molecule has 0 aliphatic heterocycles. The zero-order valence-electron chi connectivity index (χ0n) is 7.94. The number of nitrogens with zero attached hydrogens (tertiary/aromatic N) is 1. The van der Waals surface area contributed by atoms with Crippen molar-refractivity contribution >= 4 is 0 Å². The van der Waals surface area contributed by atoms with Crippen molar-refractivity contribution in [3.63, 3.8) is 0 Å². The van der Waals surface area contributed by atoms with E-state index in [1.54, 1.807) is 12.1 Å². The number of aliphatic hydroxyl groups excluding tert-OH is 1. The van der Waals surface area contributed by atoms with Crippen molar-refractivity contribution in [1.82, 2.24) is 0 Å².